The molecule has 2 rings (SSSR count). The maximum atomic E-state index is 11.0. The largest absolute Gasteiger partial charge is 0.492 e. The number of anilines is 1. The van der Waals surface area contributed by atoms with Gasteiger partial charge in [0.25, 0.3) is 0 Å². The van der Waals surface area contributed by atoms with Crippen molar-refractivity contribution >= 4 is 16.3 Å². The van der Waals surface area contributed by atoms with Gasteiger partial charge in [-0.15, -0.1) is 10.2 Å². The first-order valence-electron chi connectivity index (χ1n) is 4.83. The van der Waals surface area contributed by atoms with Crippen LogP contribution >= 0.6 is 11.3 Å². The molecule has 0 unspecified atom stereocenters. The number of rotatable bonds is 5. The van der Waals surface area contributed by atoms with E-state index in [0.717, 1.165) is 11.3 Å². The Hall–Kier alpha value is -1.94. The third-order valence-corrected chi connectivity index (χ3v) is 2.97. The van der Waals surface area contributed by atoms with Gasteiger partial charge in [-0.25, -0.2) is 5.84 Å². The van der Waals surface area contributed by atoms with Gasteiger partial charge < -0.3 is 5.11 Å². The van der Waals surface area contributed by atoms with Crippen LogP contribution in [0.3, 0.4) is 0 Å². The molecule has 0 aliphatic carbocycles. The van der Waals surface area contributed by atoms with Crippen molar-refractivity contribution in [2.45, 2.75) is 12.8 Å². The molecule has 2 aromatic rings. The molecule has 0 amide bonds. The zero-order valence-corrected chi connectivity index (χ0v) is 9.57. The van der Waals surface area contributed by atoms with Crippen molar-refractivity contribution in [1.82, 2.24) is 25.6 Å². The van der Waals surface area contributed by atoms with Gasteiger partial charge in [0.1, 0.15) is 0 Å². The van der Waals surface area contributed by atoms with Crippen LogP contribution < -0.4 is 15.7 Å². The van der Waals surface area contributed by atoms with E-state index < -0.39 is 0 Å². The van der Waals surface area contributed by atoms with E-state index in [9.17, 15) is 9.90 Å². The van der Waals surface area contributed by atoms with Gasteiger partial charge in [-0.3, -0.25) is 14.8 Å². The van der Waals surface area contributed by atoms with Crippen LogP contribution in [0.2, 0.25) is 0 Å². The van der Waals surface area contributed by atoms with Crippen molar-refractivity contribution in [3.63, 3.8) is 0 Å². The summed E-state index contributed by atoms with van der Waals surface area (Å²) in [4.78, 5) is 12.9. The summed E-state index contributed by atoms with van der Waals surface area (Å²) in [6.45, 7) is 0.468. The maximum Gasteiger partial charge on any atom is 0.309 e. The molecule has 0 radical (unpaired) electrons. The summed E-state index contributed by atoms with van der Waals surface area (Å²) in [5, 5.41) is 24.4. The van der Waals surface area contributed by atoms with E-state index in [1.54, 1.807) is 0 Å². The predicted molar refractivity (Wildman–Crippen MR) is 60.6 cm³/mol. The van der Waals surface area contributed by atoms with Crippen LogP contribution in [-0.2, 0) is 6.42 Å². The SMILES string of the molecule is NN(CCCc1nn[nH]n1)c1sc(=O)[nH]c1O. The quantitative estimate of drug-likeness (QED) is 0.397. The van der Waals surface area contributed by atoms with Gasteiger partial charge in [0.05, 0.1) is 0 Å². The first-order valence-corrected chi connectivity index (χ1v) is 5.65. The van der Waals surface area contributed by atoms with E-state index in [0.29, 0.717) is 30.2 Å². The Morgan fingerprint density at radius 3 is 2.94 bits per heavy atom. The summed E-state index contributed by atoms with van der Waals surface area (Å²) in [6.07, 6.45) is 1.30. The van der Waals surface area contributed by atoms with E-state index in [2.05, 4.69) is 25.6 Å². The number of aromatic amines is 2. The molecule has 0 aromatic carbocycles. The average Bonchev–Trinajstić information content (AvgIpc) is 2.88. The monoisotopic (exact) mass is 257 g/mol. The third-order valence-electron chi connectivity index (χ3n) is 2.06. The zero-order valence-electron chi connectivity index (χ0n) is 8.75. The highest BCUT2D eigenvalue weighted by molar-refractivity contribution is 7.13. The molecule has 0 aliphatic heterocycles. The summed E-state index contributed by atoms with van der Waals surface area (Å²) >= 11 is 0.860. The number of aryl methyl sites for hydroxylation is 1. The lowest BCUT2D eigenvalue weighted by atomic mass is 10.3. The number of nitrogens with two attached hydrogens (primary N) is 1. The Balaban J connectivity index is 1.87. The lowest BCUT2D eigenvalue weighted by Crippen LogP contribution is -2.31. The number of aromatic nitrogens is 5. The first-order chi connectivity index (χ1) is 8.16. The molecule has 2 heterocycles. The number of thiazole rings is 1. The Kier molecular flexibility index (Phi) is 3.35. The molecule has 0 bridgehead atoms. The molecule has 5 N–H and O–H groups in total. The van der Waals surface area contributed by atoms with Crippen LogP contribution in [-0.4, -0.2) is 37.3 Å². The number of hydrazine groups is 1. The van der Waals surface area contributed by atoms with Gasteiger partial charge in [0.15, 0.2) is 10.8 Å². The highest BCUT2D eigenvalue weighted by Gasteiger charge is 2.12. The third kappa shape index (κ3) is 2.79. The highest BCUT2D eigenvalue weighted by Crippen LogP contribution is 2.25. The molecule has 0 fully saturated rings. The number of aromatic hydroxyl groups is 1. The van der Waals surface area contributed by atoms with Crippen molar-refractivity contribution < 1.29 is 5.11 Å². The standard InChI is InChI=1S/C7H11N7O2S/c8-14(6-5(15)9-7(16)17-6)3-1-2-4-10-12-13-11-4/h15H,1-3,8H2,(H,9,16)(H,10,11,12,13). The molecule has 0 atom stereocenters. The molecule has 0 aliphatic rings. The van der Waals surface area contributed by atoms with Crippen molar-refractivity contribution in [2.24, 2.45) is 5.84 Å². The van der Waals surface area contributed by atoms with E-state index in [1.807, 2.05) is 0 Å². The summed E-state index contributed by atoms with van der Waals surface area (Å²) in [6, 6.07) is 0. The summed E-state index contributed by atoms with van der Waals surface area (Å²) < 4.78 is 0. The average molecular weight is 257 g/mol. The first kappa shape index (κ1) is 11.5. The van der Waals surface area contributed by atoms with Crippen molar-refractivity contribution in [2.75, 3.05) is 11.6 Å². The topological polar surface area (TPSA) is 137 Å². The van der Waals surface area contributed by atoms with Gasteiger partial charge in [-0.1, -0.05) is 16.6 Å². The fraction of sp³-hybridized carbons (Fsp3) is 0.429. The molecule has 17 heavy (non-hydrogen) atoms. The van der Waals surface area contributed by atoms with E-state index in [-0.39, 0.29) is 10.8 Å². The highest BCUT2D eigenvalue weighted by atomic mass is 32.1. The summed E-state index contributed by atoms with van der Waals surface area (Å²) in [5.41, 5.74) is 0. The maximum absolute atomic E-state index is 11.0. The molecule has 0 saturated heterocycles. The van der Waals surface area contributed by atoms with Gasteiger partial charge in [-0.05, 0) is 6.42 Å². The molecule has 0 spiro atoms. The minimum absolute atomic E-state index is 0.206. The van der Waals surface area contributed by atoms with Gasteiger partial charge >= 0.3 is 4.87 Å². The normalized spacial score (nSPS) is 10.6. The van der Waals surface area contributed by atoms with Gasteiger partial charge in [0, 0.05) is 13.0 Å². The number of hydrogen-bond donors (Lipinski definition) is 4. The van der Waals surface area contributed by atoms with Gasteiger partial charge in [0.2, 0.25) is 5.88 Å². The molecule has 2 aromatic heterocycles. The Morgan fingerprint density at radius 1 is 1.53 bits per heavy atom. The van der Waals surface area contributed by atoms with Crippen molar-refractivity contribution in [3.05, 3.63) is 15.5 Å². The Bertz CT molecular complexity index is 519. The molecule has 9 nitrogen and oxygen atoms in total. The molecule has 10 heteroatoms. The zero-order chi connectivity index (χ0) is 12.3. The fourth-order valence-electron chi connectivity index (χ4n) is 1.30. The second kappa shape index (κ2) is 4.93. The number of H-pyrrole nitrogens is 2. The summed E-state index contributed by atoms with van der Waals surface area (Å²) in [7, 11) is 0. The van der Waals surface area contributed by atoms with Crippen LogP contribution in [0.15, 0.2) is 4.79 Å². The molecule has 0 saturated carbocycles. The van der Waals surface area contributed by atoms with Crippen LogP contribution in [0, 0.1) is 0 Å². The molecular weight excluding hydrogens is 246 g/mol. The lowest BCUT2D eigenvalue weighted by molar-refractivity contribution is 0.455. The molecule has 92 valence electrons. The molecular formula is C7H11N7O2S. The number of tetrazole rings is 1. The smallest absolute Gasteiger partial charge is 0.309 e. The summed E-state index contributed by atoms with van der Waals surface area (Å²) in [5.74, 6) is 6.10. The van der Waals surface area contributed by atoms with Crippen LogP contribution in [0.4, 0.5) is 5.00 Å². The van der Waals surface area contributed by atoms with Crippen molar-refractivity contribution in [1.29, 1.82) is 0 Å². The number of nitrogens with zero attached hydrogens (tertiary/aromatic N) is 4. The second-order valence-electron chi connectivity index (χ2n) is 3.29. The minimum Gasteiger partial charge on any atom is -0.492 e. The van der Waals surface area contributed by atoms with Gasteiger partial charge in [-0.2, -0.15) is 5.21 Å². The number of hydrogen-bond acceptors (Lipinski definition) is 8. The lowest BCUT2D eigenvalue weighted by Gasteiger charge is -2.15. The van der Waals surface area contributed by atoms with E-state index >= 15 is 0 Å². The predicted octanol–water partition coefficient (Wildman–Crippen LogP) is -1.03. The van der Waals surface area contributed by atoms with E-state index in [4.69, 9.17) is 5.84 Å². The number of nitrogens with one attached hydrogen (secondary N) is 2. The Morgan fingerprint density at radius 2 is 2.35 bits per heavy atom. The van der Waals surface area contributed by atoms with Crippen LogP contribution in [0.25, 0.3) is 0 Å². The van der Waals surface area contributed by atoms with E-state index in [1.165, 1.54) is 5.01 Å². The Labute approximate surface area is 99.2 Å². The van der Waals surface area contributed by atoms with Crippen molar-refractivity contribution in [3.8, 4) is 5.88 Å². The second-order valence-corrected chi connectivity index (χ2v) is 4.25. The van der Waals surface area contributed by atoms with Crippen LogP contribution in [0.5, 0.6) is 5.88 Å². The fourth-order valence-corrected chi connectivity index (χ4v) is 1.98. The minimum atomic E-state index is -0.342. The van der Waals surface area contributed by atoms with Crippen LogP contribution in [0.1, 0.15) is 12.2 Å².